The van der Waals surface area contributed by atoms with E-state index in [-0.39, 0.29) is 6.10 Å². The highest BCUT2D eigenvalue weighted by molar-refractivity contribution is 5.60. The number of carbonyl (C=O) groups is 1. The molecule has 0 aromatic rings. The summed E-state index contributed by atoms with van der Waals surface area (Å²) < 4.78 is 10.3. The molecule has 0 amide bonds. The summed E-state index contributed by atoms with van der Waals surface area (Å²) >= 11 is 0. The van der Waals surface area contributed by atoms with Crippen LogP contribution in [0.1, 0.15) is 105 Å². The Hall–Kier alpha value is -0.990. The van der Waals surface area contributed by atoms with E-state index in [0.717, 1.165) is 12.8 Å². The molecular weight excluding hydrogens is 312 g/mol. The zero-order chi connectivity index (χ0) is 18.8. The fraction of sp³-hybridized carbons (Fsp3) is 0.864. The van der Waals surface area contributed by atoms with Gasteiger partial charge in [0.15, 0.2) is 0 Å². The van der Waals surface area contributed by atoms with E-state index < -0.39 is 6.16 Å². The van der Waals surface area contributed by atoms with Gasteiger partial charge in [-0.05, 0) is 44.9 Å². The quantitative estimate of drug-likeness (QED) is 0.164. The molecule has 0 saturated carbocycles. The Bertz CT molecular complexity index is 323. The van der Waals surface area contributed by atoms with Gasteiger partial charge in [-0.1, -0.05) is 77.9 Å². The van der Waals surface area contributed by atoms with Gasteiger partial charge in [-0.25, -0.2) is 4.79 Å². The molecule has 25 heavy (non-hydrogen) atoms. The topological polar surface area (TPSA) is 35.5 Å². The van der Waals surface area contributed by atoms with Crippen LogP contribution in [0.4, 0.5) is 4.79 Å². The maximum atomic E-state index is 11.4. The second-order valence-corrected chi connectivity index (χ2v) is 7.40. The first kappa shape index (κ1) is 24.0. The molecule has 0 bridgehead atoms. The molecule has 0 fully saturated rings. The van der Waals surface area contributed by atoms with Crippen molar-refractivity contribution < 1.29 is 14.3 Å². The van der Waals surface area contributed by atoms with E-state index in [1.807, 2.05) is 20.8 Å². The molecule has 0 heterocycles. The molecule has 3 heteroatoms. The van der Waals surface area contributed by atoms with Crippen LogP contribution < -0.4 is 0 Å². The lowest BCUT2D eigenvalue weighted by molar-refractivity contribution is 0.0140. The number of unbranched alkanes of at least 4 members (excludes halogenated alkanes) is 10. The summed E-state index contributed by atoms with van der Waals surface area (Å²) in [4.78, 5) is 11.4. The maximum absolute atomic E-state index is 11.4. The zero-order valence-electron chi connectivity index (χ0n) is 17.2. The van der Waals surface area contributed by atoms with Crippen LogP contribution in [0.3, 0.4) is 0 Å². The van der Waals surface area contributed by atoms with Crippen molar-refractivity contribution >= 4 is 6.16 Å². The molecular formula is C22H42O3. The van der Waals surface area contributed by atoms with Gasteiger partial charge in [0, 0.05) is 0 Å². The molecule has 0 aromatic heterocycles. The van der Waals surface area contributed by atoms with Crippen molar-refractivity contribution in [3.8, 4) is 0 Å². The number of hydrogen-bond donors (Lipinski definition) is 0. The summed E-state index contributed by atoms with van der Waals surface area (Å²) in [5, 5.41) is 0. The van der Waals surface area contributed by atoms with Gasteiger partial charge in [0.05, 0.1) is 6.61 Å². The van der Waals surface area contributed by atoms with Crippen LogP contribution in [0, 0.1) is 5.92 Å². The first-order valence-corrected chi connectivity index (χ1v) is 10.6. The van der Waals surface area contributed by atoms with Crippen LogP contribution in [0.15, 0.2) is 12.2 Å². The molecule has 0 aliphatic rings. The Morgan fingerprint density at radius 2 is 1.32 bits per heavy atom. The van der Waals surface area contributed by atoms with Gasteiger partial charge >= 0.3 is 6.16 Å². The Morgan fingerprint density at radius 1 is 0.800 bits per heavy atom. The molecule has 0 N–H and O–H groups in total. The van der Waals surface area contributed by atoms with Crippen LogP contribution in [0.25, 0.3) is 0 Å². The van der Waals surface area contributed by atoms with Crippen LogP contribution in [0.2, 0.25) is 0 Å². The van der Waals surface area contributed by atoms with Crippen molar-refractivity contribution in [1.29, 1.82) is 0 Å². The summed E-state index contributed by atoms with van der Waals surface area (Å²) in [6.45, 7) is 8.69. The SMILES string of the molecule is CCCCCC/C=C/CCCCCCCCOC(=O)OC(C)C(C)C. The number of carbonyl (C=O) groups excluding carboxylic acids is 1. The predicted octanol–water partition coefficient (Wildman–Crippen LogP) is 7.44. The fourth-order valence-corrected chi connectivity index (χ4v) is 2.47. The smallest absolute Gasteiger partial charge is 0.434 e. The highest BCUT2D eigenvalue weighted by atomic mass is 16.7. The predicted molar refractivity (Wildman–Crippen MR) is 107 cm³/mol. The van der Waals surface area contributed by atoms with Crippen LogP contribution in [0.5, 0.6) is 0 Å². The first-order chi connectivity index (χ1) is 12.1. The van der Waals surface area contributed by atoms with Gasteiger partial charge in [-0.15, -0.1) is 0 Å². The van der Waals surface area contributed by atoms with Gasteiger partial charge in [-0.3, -0.25) is 0 Å². The minimum absolute atomic E-state index is 0.0853. The summed E-state index contributed by atoms with van der Waals surface area (Å²) in [7, 11) is 0. The Balaban J connectivity index is 3.26. The molecule has 0 rings (SSSR count). The first-order valence-electron chi connectivity index (χ1n) is 10.6. The molecule has 1 unspecified atom stereocenters. The van der Waals surface area contributed by atoms with Crippen molar-refractivity contribution in [3.63, 3.8) is 0 Å². The van der Waals surface area contributed by atoms with Gasteiger partial charge in [0.25, 0.3) is 0 Å². The third-order valence-corrected chi connectivity index (χ3v) is 4.60. The molecule has 0 spiro atoms. The van der Waals surface area contributed by atoms with E-state index in [0.29, 0.717) is 12.5 Å². The van der Waals surface area contributed by atoms with Crippen LogP contribution >= 0.6 is 0 Å². The normalized spacial score (nSPS) is 12.7. The third kappa shape index (κ3) is 17.6. The molecule has 3 nitrogen and oxygen atoms in total. The van der Waals surface area contributed by atoms with Crippen molar-refractivity contribution in [3.05, 3.63) is 12.2 Å². The van der Waals surface area contributed by atoms with Gasteiger partial charge in [0.2, 0.25) is 0 Å². The average Bonchev–Trinajstić information content (AvgIpc) is 2.58. The van der Waals surface area contributed by atoms with E-state index in [2.05, 4.69) is 19.1 Å². The molecule has 1 atom stereocenters. The highest BCUT2D eigenvalue weighted by Gasteiger charge is 2.13. The highest BCUT2D eigenvalue weighted by Crippen LogP contribution is 2.10. The van der Waals surface area contributed by atoms with Crippen molar-refractivity contribution in [2.45, 2.75) is 111 Å². The molecule has 0 aliphatic carbocycles. The van der Waals surface area contributed by atoms with Crippen molar-refractivity contribution in [2.75, 3.05) is 6.61 Å². The summed E-state index contributed by atoms with van der Waals surface area (Å²) in [5.41, 5.74) is 0. The number of ether oxygens (including phenoxy) is 2. The maximum Gasteiger partial charge on any atom is 0.508 e. The van der Waals surface area contributed by atoms with E-state index in [9.17, 15) is 4.79 Å². The van der Waals surface area contributed by atoms with Crippen LogP contribution in [-0.4, -0.2) is 18.9 Å². The van der Waals surface area contributed by atoms with E-state index in [1.165, 1.54) is 64.2 Å². The van der Waals surface area contributed by atoms with E-state index in [4.69, 9.17) is 9.47 Å². The molecule has 148 valence electrons. The standard InChI is InChI=1S/C22H42O3/c1-5-6-7-8-9-10-11-12-13-14-15-16-17-18-19-24-22(23)25-21(4)20(2)3/h10-11,20-21H,5-9,12-19H2,1-4H3/b11-10+. The van der Waals surface area contributed by atoms with Gasteiger partial charge < -0.3 is 9.47 Å². The Labute approximate surface area is 156 Å². The molecule has 0 aliphatic heterocycles. The van der Waals surface area contributed by atoms with Gasteiger partial charge in [0.1, 0.15) is 6.10 Å². The van der Waals surface area contributed by atoms with Crippen molar-refractivity contribution in [1.82, 2.24) is 0 Å². The summed E-state index contributed by atoms with van der Waals surface area (Å²) in [6.07, 6.45) is 19.1. The largest absolute Gasteiger partial charge is 0.508 e. The number of hydrogen-bond acceptors (Lipinski definition) is 3. The average molecular weight is 355 g/mol. The summed E-state index contributed by atoms with van der Waals surface area (Å²) in [6, 6.07) is 0. The lowest BCUT2D eigenvalue weighted by Crippen LogP contribution is -2.21. The van der Waals surface area contributed by atoms with Crippen LogP contribution in [-0.2, 0) is 9.47 Å². The third-order valence-electron chi connectivity index (χ3n) is 4.60. The van der Waals surface area contributed by atoms with Gasteiger partial charge in [-0.2, -0.15) is 0 Å². The monoisotopic (exact) mass is 354 g/mol. The molecule has 0 saturated heterocycles. The Kier molecular flexibility index (Phi) is 17.1. The van der Waals surface area contributed by atoms with E-state index >= 15 is 0 Å². The molecule has 0 aromatic carbocycles. The number of rotatable bonds is 16. The van der Waals surface area contributed by atoms with E-state index in [1.54, 1.807) is 0 Å². The second-order valence-electron chi connectivity index (χ2n) is 7.40. The lowest BCUT2D eigenvalue weighted by atomic mass is 10.1. The molecule has 0 radical (unpaired) electrons. The van der Waals surface area contributed by atoms with Crippen molar-refractivity contribution in [2.24, 2.45) is 5.92 Å². The summed E-state index contributed by atoms with van der Waals surface area (Å²) in [5.74, 6) is 0.323. The second kappa shape index (κ2) is 17.8. The minimum atomic E-state index is -0.525. The zero-order valence-corrected chi connectivity index (χ0v) is 17.2. The number of allylic oxidation sites excluding steroid dienone is 2. The Morgan fingerprint density at radius 3 is 1.88 bits per heavy atom. The minimum Gasteiger partial charge on any atom is -0.434 e. The lowest BCUT2D eigenvalue weighted by Gasteiger charge is -2.16. The fourth-order valence-electron chi connectivity index (χ4n) is 2.47.